The number of carboxylic acid groups (broad SMARTS) is 1. The molecule has 0 bridgehead atoms. The topological polar surface area (TPSA) is 562 Å². The second kappa shape index (κ2) is 45.4. The lowest BCUT2D eigenvalue weighted by molar-refractivity contribution is -0.149. The number of hydrogen-bond donors (Lipinski definition) is 17. The van der Waals surface area contributed by atoms with Gasteiger partial charge in [0.2, 0.25) is 88.6 Å². The van der Waals surface area contributed by atoms with Crippen LogP contribution < -0.4 is 59.3 Å². The Balaban J connectivity index is 1.14. The minimum Gasteiger partial charge on any atom is -0.508 e. The number of carbonyl (C=O) groups excluding carboxylic acids is 15. The van der Waals surface area contributed by atoms with E-state index in [1.54, 1.807) is 74.8 Å². The van der Waals surface area contributed by atoms with Crippen LogP contribution in [0.3, 0.4) is 0 Å². The van der Waals surface area contributed by atoms with Crippen molar-refractivity contribution in [2.75, 3.05) is 58.9 Å². The van der Waals surface area contributed by atoms with Crippen LogP contribution in [-0.2, 0) is 96.0 Å². The lowest BCUT2D eigenvalue weighted by Gasteiger charge is -2.36. The van der Waals surface area contributed by atoms with Crippen molar-refractivity contribution in [2.24, 2.45) is 17.4 Å². The van der Waals surface area contributed by atoms with Gasteiger partial charge in [-0.2, -0.15) is 0 Å². The number of primary amides is 1. The maximum atomic E-state index is 15.5. The Morgan fingerprint density at radius 2 is 1.07 bits per heavy atom. The summed E-state index contributed by atoms with van der Waals surface area (Å²) in [6.07, 6.45) is 1.68. The first-order valence-electron chi connectivity index (χ1n) is 41.6. The van der Waals surface area contributed by atoms with E-state index in [9.17, 15) is 73.2 Å². The zero-order chi connectivity index (χ0) is 90.2. The molecule has 0 radical (unpaired) electrons. The molecule has 2 aromatic heterocycles. The van der Waals surface area contributed by atoms with Gasteiger partial charge in [0.05, 0.1) is 18.5 Å². The molecule has 3 aliphatic heterocycles. The quantitative estimate of drug-likeness (QED) is 0.0430. The average molecular weight is 1730 g/mol. The summed E-state index contributed by atoms with van der Waals surface area (Å²) in [5.74, 6) is -16.2. The molecule has 15 amide bonds. The van der Waals surface area contributed by atoms with Crippen molar-refractivity contribution in [2.45, 2.75) is 229 Å². The van der Waals surface area contributed by atoms with E-state index >= 15 is 24.0 Å². The fraction of sp³-hybridized carbons (Fsp3) is 0.548. The third kappa shape index (κ3) is 25.9. The first-order chi connectivity index (χ1) is 58.5. The molecule has 670 valence electrons. The average Bonchev–Trinajstić information content (AvgIpc) is 1.78. The Kier molecular flexibility index (Phi) is 35.7. The van der Waals surface area contributed by atoms with E-state index in [4.69, 9.17) is 11.5 Å². The van der Waals surface area contributed by atoms with Crippen LogP contribution in [0.2, 0.25) is 0 Å². The number of nitrogens with two attached hydrogens (primary N) is 2. The van der Waals surface area contributed by atoms with Crippen molar-refractivity contribution >= 4 is 128 Å². The number of thioether (sulfide) groups is 1. The van der Waals surface area contributed by atoms with E-state index in [-0.39, 0.29) is 81.8 Å². The summed E-state index contributed by atoms with van der Waals surface area (Å²) in [4.78, 5) is 243. The molecule has 38 nitrogen and oxygen atoms in total. The Morgan fingerprint density at radius 1 is 0.545 bits per heavy atom. The summed E-state index contributed by atoms with van der Waals surface area (Å²) in [5.41, 5.74) is 14.7. The molecule has 0 unspecified atom stereocenters. The Labute approximate surface area is 716 Å². The van der Waals surface area contributed by atoms with Crippen molar-refractivity contribution in [3.05, 3.63) is 102 Å². The molecule has 5 heterocycles. The van der Waals surface area contributed by atoms with Gasteiger partial charge in [0, 0.05) is 113 Å². The Bertz CT molecular complexity index is 4620. The van der Waals surface area contributed by atoms with Gasteiger partial charge in [-0.3, -0.25) is 76.7 Å². The first-order valence-corrected chi connectivity index (χ1v) is 42.7. The summed E-state index contributed by atoms with van der Waals surface area (Å²) in [6, 6.07) is -1.17. The van der Waals surface area contributed by atoms with Gasteiger partial charge in [-0.05, 0) is 99.2 Å². The maximum absolute atomic E-state index is 15.5. The second-order valence-electron chi connectivity index (χ2n) is 32.1. The lowest BCUT2D eigenvalue weighted by Crippen LogP contribution is -2.62. The van der Waals surface area contributed by atoms with Crippen LogP contribution in [0.15, 0.2) is 85.2 Å². The fourth-order valence-corrected chi connectivity index (χ4v) is 16.2. The number of likely N-dealkylation sites (N-methyl/N-ethyl adjacent to an activating group) is 3. The van der Waals surface area contributed by atoms with Crippen molar-refractivity contribution in [3.63, 3.8) is 0 Å². The van der Waals surface area contributed by atoms with Gasteiger partial charge in [0.15, 0.2) is 0 Å². The van der Waals surface area contributed by atoms with E-state index < -0.39 is 224 Å². The predicted octanol–water partition coefficient (Wildman–Crippen LogP) is -1.31. The van der Waals surface area contributed by atoms with E-state index in [0.29, 0.717) is 64.2 Å². The van der Waals surface area contributed by atoms with Crippen LogP contribution >= 0.6 is 11.8 Å². The number of aliphatic hydroxyl groups is 2. The summed E-state index contributed by atoms with van der Waals surface area (Å²) in [6.45, 7) is 7.61. The molecule has 0 spiro atoms. The number of carboxylic acids is 1. The molecular weight excluding hydrogens is 1610 g/mol. The van der Waals surface area contributed by atoms with Crippen LogP contribution in [0.1, 0.15) is 135 Å². The number of benzene rings is 3. The number of H-pyrrole nitrogens is 2. The minimum atomic E-state index is -1.86. The van der Waals surface area contributed by atoms with Gasteiger partial charge in [-0.1, -0.05) is 102 Å². The fourth-order valence-electron chi connectivity index (χ4n) is 15.4. The number of nitrogens with one attached hydrogen (secondary N) is 11. The summed E-state index contributed by atoms with van der Waals surface area (Å²) >= 11 is 0.821. The number of carbonyl (C=O) groups is 16. The number of aliphatic carboxylic acids is 1. The maximum Gasteiger partial charge on any atom is 0.303 e. The number of aromatic nitrogens is 2. The van der Waals surface area contributed by atoms with Gasteiger partial charge in [0.25, 0.3) is 0 Å². The minimum absolute atomic E-state index is 0.00573. The molecule has 123 heavy (non-hydrogen) atoms. The van der Waals surface area contributed by atoms with Crippen LogP contribution in [-0.4, -0.2) is 299 Å². The molecule has 0 saturated carbocycles. The number of aromatic hydroxyl groups is 1. The third-order valence-corrected chi connectivity index (χ3v) is 23.6. The van der Waals surface area contributed by atoms with Crippen molar-refractivity contribution in [1.82, 2.24) is 82.3 Å². The van der Waals surface area contributed by atoms with E-state index in [1.807, 2.05) is 13.8 Å². The number of aromatic amines is 2. The summed E-state index contributed by atoms with van der Waals surface area (Å²) < 4.78 is 0. The van der Waals surface area contributed by atoms with E-state index in [1.165, 1.54) is 64.2 Å². The van der Waals surface area contributed by atoms with Crippen molar-refractivity contribution in [3.8, 4) is 5.75 Å². The summed E-state index contributed by atoms with van der Waals surface area (Å²) in [5, 5.41) is 67.3. The van der Waals surface area contributed by atoms with Crippen molar-refractivity contribution < 1.29 is 97.1 Å². The molecule has 19 N–H and O–H groups in total. The summed E-state index contributed by atoms with van der Waals surface area (Å²) in [7, 11) is 3.97. The standard InChI is InChI=1S/C84H118N18O20S/c1-10-12-23-65-77(115)89-46(5)72(110)97-64(71(86)109)43-123-44-69(106)90-60(34-48-26-28-51(104)29-27-48)80(118)98(7)47(6)73(111)91-57(30-31-70(107)108)82(120)101-32-18-25-66(101)78(116)95-62(38-85)75(113)93-59(33-45(3)4)83(121)102-41-52(105)37-68(102)79(117)92-58(35-49-39-87-55-21-16-14-19-53(49)55)74(112)96-63(42-103)76(114)94-61(36-50-40-88-56-22-17-15-20-54(50)56)81(119)100(9)67(24-13-11-2)84(122)99(65)8/h14-17,19-22,26-29,39-40,45-47,52,57-68,87-88,103-105H,10-13,18,23-25,30-38,41-44,85H2,1-9H3,(H2,86,109)(H,89,115)(H,90,106)(H,91,111)(H,92,117)(H,93,113)(H,94,114)(H,95,116)(H,96,112)(H,97,110)(H,107,108)/t46-,47-,52+,57-,58-,59-,60-,61-,62-,63-,64-,65-,66-,67-,68-/m0/s1. The molecule has 8 rings (SSSR count). The van der Waals surface area contributed by atoms with Crippen LogP contribution in [0, 0.1) is 5.92 Å². The van der Waals surface area contributed by atoms with Gasteiger partial charge >= 0.3 is 5.97 Å². The highest BCUT2D eigenvalue weighted by molar-refractivity contribution is 8.00. The molecule has 3 saturated heterocycles. The smallest absolute Gasteiger partial charge is 0.303 e. The SMILES string of the molecule is CCCC[C@H]1C(=O)N(C)[C@@H](CCCC)C(=O)N[C@@H](C)C(=O)N[C@H](C(N)=O)CSCC(=O)N[C@@H](Cc2ccc(O)cc2)C(=O)N(C)[C@@H](C)C(=O)N[C@@H](CCC(=O)O)C(=O)N2CCC[C@H]2C(=O)N[C@@H](CN)C(=O)N[C@@H](CC(C)C)C(=O)N2C[C@H](O)C[C@H]2C(=O)N[C@@H](Cc2c[nH]c3ccccc23)C(=O)N[C@@H](CO)C(=O)N[C@@H](Cc2c[nH]c3ccccc23)C(=O)N1C. The molecule has 0 aliphatic carbocycles. The molecule has 3 aromatic carbocycles. The number of amides is 15. The number of phenols is 1. The van der Waals surface area contributed by atoms with Crippen molar-refractivity contribution in [1.29, 1.82) is 0 Å². The normalized spacial score (nSPS) is 26.2. The number of fused-ring (bicyclic) bond motifs is 4. The number of rotatable bonds is 20. The zero-order valence-electron chi connectivity index (χ0n) is 70.8. The molecule has 15 atom stereocenters. The molecule has 39 heteroatoms. The first kappa shape index (κ1) is 96.7. The molecule has 5 aromatic rings. The third-order valence-electron chi connectivity index (χ3n) is 22.5. The highest BCUT2D eigenvalue weighted by Crippen LogP contribution is 2.28. The van der Waals surface area contributed by atoms with Gasteiger partial charge in [-0.25, -0.2) is 0 Å². The highest BCUT2D eigenvalue weighted by Gasteiger charge is 2.46. The second-order valence-corrected chi connectivity index (χ2v) is 33.1. The lowest BCUT2D eigenvalue weighted by atomic mass is 10.00. The molecule has 3 fully saturated rings. The predicted molar refractivity (Wildman–Crippen MR) is 453 cm³/mol. The molecular formula is C84H118N18O20S. The number of nitrogens with zero attached hydrogens (tertiary/aromatic N) is 5. The largest absolute Gasteiger partial charge is 0.508 e. The van der Waals surface area contributed by atoms with Crippen LogP contribution in [0.4, 0.5) is 0 Å². The van der Waals surface area contributed by atoms with Crippen LogP contribution in [0.5, 0.6) is 5.75 Å². The van der Waals surface area contributed by atoms with Gasteiger partial charge < -0.3 is 114 Å². The Hall–Kier alpha value is -11.7. The zero-order valence-corrected chi connectivity index (χ0v) is 71.6. The number of aliphatic hydroxyl groups excluding tert-OH is 2. The number of hydrogen-bond acceptors (Lipinski definition) is 21. The number of para-hydroxylation sites is 2. The van der Waals surface area contributed by atoms with Gasteiger partial charge in [0.1, 0.15) is 90.3 Å². The van der Waals surface area contributed by atoms with Crippen LogP contribution in [0.25, 0.3) is 21.8 Å². The highest BCUT2D eigenvalue weighted by atomic mass is 32.2. The van der Waals surface area contributed by atoms with Gasteiger partial charge in [-0.15, -0.1) is 11.8 Å². The van der Waals surface area contributed by atoms with E-state index in [0.717, 1.165) is 31.4 Å². The molecule has 3 aliphatic rings. The Morgan fingerprint density at radius 3 is 1.66 bits per heavy atom. The number of unbranched alkanes of at least 4 members (excludes halogenated alkanes) is 2. The van der Waals surface area contributed by atoms with E-state index in [2.05, 4.69) is 57.8 Å². The monoisotopic (exact) mass is 1730 g/mol. The number of phenolic OH excluding ortho intramolecular Hbond substituents is 1.